The van der Waals surface area contributed by atoms with E-state index in [4.69, 9.17) is 5.73 Å². The van der Waals surface area contributed by atoms with Crippen LogP contribution in [0.3, 0.4) is 0 Å². The average Bonchev–Trinajstić information content (AvgIpc) is 3.63. The lowest BCUT2D eigenvalue weighted by molar-refractivity contribution is -0.137. The molecule has 2 aliphatic carbocycles. The number of rotatable bonds is 7. The van der Waals surface area contributed by atoms with Crippen LogP contribution in [0.5, 0.6) is 0 Å². The van der Waals surface area contributed by atoms with Gasteiger partial charge >= 0.3 is 6.03 Å². The maximum absolute atomic E-state index is 14.0. The predicted octanol–water partition coefficient (Wildman–Crippen LogP) is 2.91. The fourth-order valence-electron chi connectivity index (χ4n) is 6.86. The Hall–Kier alpha value is -4.87. The second-order valence-electron chi connectivity index (χ2n) is 11.5. The first-order valence-corrected chi connectivity index (χ1v) is 13.9. The number of hydrogen-bond donors (Lipinski definition) is 3. The summed E-state index contributed by atoms with van der Waals surface area (Å²) in [5.74, 6) is -4.48. The van der Waals surface area contributed by atoms with Gasteiger partial charge in [0.05, 0.1) is 12.0 Å². The van der Waals surface area contributed by atoms with Crippen LogP contribution < -0.4 is 16.4 Å². The van der Waals surface area contributed by atoms with Crippen LogP contribution in [0.25, 0.3) is 0 Å². The molecule has 3 heterocycles. The lowest BCUT2D eigenvalue weighted by Crippen LogP contribution is -2.48. The van der Waals surface area contributed by atoms with Crippen molar-refractivity contribution in [2.45, 2.75) is 44.1 Å². The molecule has 1 fully saturated rings. The molecule has 10 nitrogen and oxygen atoms in total. The SMILES string of the molecule is C=C/C=C\C1=C(N)NC(=O)C12Cc1cnc(NC(=O)CN3C(=O)N(CC(C)(F)F)C(=O)C34CCc3ccccc34)cc1C2. The van der Waals surface area contributed by atoms with E-state index in [0.717, 1.165) is 21.6 Å². The Kier molecular flexibility index (Phi) is 6.48. The first-order valence-electron chi connectivity index (χ1n) is 13.9. The lowest BCUT2D eigenvalue weighted by atomic mass is 9.78. The second-order valence-corrected chi connectivity index (χ2v) is 11.5. The fraction of sp³-hybridized carbons (Fsp3) is 0.323. The number of anilines is 1. The first-order chi connectivity index (χ1) is 20.4. The Bertz CT molecular complexity index is 1660. The molecule has 6 rings (SSSR count). The minimum absolute atomic E-state index is 0.177. The molecule has 4 N–H and O–H groups in total. The Balaban J connectivity index is 1.25. The Morgan fingerprint density at radius 2 is 1.95 bits per heavy atom. The van der Waals surface area contributed by atoms with Crippen molar-refractivity contribution < 1.29 is 28.0 Å². The maximum Gasteiger partial charge on any atom is 0.328 e. The van der Waals surface area contributed by atoms with E-state index in [-0.39, 0.29) is 24.0 Å². The van der Waals surface area contributed by atoms with Crippen LogP contribution in [0.2, 0.25) is 0 Å². The number of urea groups is 1. The number of nitrogens with one attached hydrogen (secondary N) is 2. The molecule has 12 heteroatoms. The molecule has 2 spiro atoms. The van der Waals surface area contributed by atoms with E-state index in [1.54, 1.807) is 48.7 Å². The van der Waals surface area contributed by atoms with Crippen molar-refractivity contribution in [3.8, 4) is 0 Å². The molecular formula is C31H30F2N6O4. The van der Waals surface area contributed by atoms with Gasteiger partial charge in [0.2, 0.25) is 11.8 Å². The van der Waals surface area contributed by atoms with E-state index in [1.165, 1.54) is 0 Å². The Labute approximate surface area is 246 Å². The molecule has 0 radical (unpaired) electrons. The molecule has 2 atom stereocenters. The summed E-state index contributed by atoms with van der Waals surface area (Å²) >= 11 is 0. The normalized spacial score (nSPS) is 24.5. The zero-order valence-electron chi connectivity index (χ0n) is 23.5. The van der Waals surface area contributed by atoms with Gasteiger partial charge in [-0.15, -0.1) is 0 Å². The number of carbonyl (C=O) groups is 4. The van der Waals surface area contributed by atoms with Crippen LogP contribution in [0, 0.1) is 5.41 Å². The number of alkyl halides is 2. The number of carbonyl (C=O) groups excluding carboxylic acids is 4. The van der Waals surface area contributed by atoms with Crippen molar-refractivity contribution in [2.24, 2.45) is 11.1 Å². The number of imide groups is 1. The molecule has 1 saturated heterocycles. The van der Waals surface area contributed by atoms with Crippen molar-refractivity contribution in [2.75, 3.05) is 18.4 Å². The highest BCUT2D eigenvalue weighted by Gasteiger charge is 2.62. The zero-order valence-corrected chi connectivity index (χ0v) is 23.5. The number of nitrogens with two attached hydrogens (primary N) is 1. The Morgan fingerprint density at radius 3 is 2.70 bits per heavy atom. The molecule has 1 aromatic carbocycles. The van der Waals surface area contributed by atoms with Crippen LogP contribution in [-0.4, -0.2) is 57.5 Å². The smallest absolute Gasteiger partial charge is 0.328 e. The van der Waals surface area contributed by atoms with Gasteiger partial charge < -0.3 is 16.4 Å². The zero-order chi connectivity index (χ0) is 30.7. The summed E-state index contributed by atoms with van der Waals surface area (Å²) < 4.78 is 28.0. The summed E-state index contributed by atoms with van der Waals surface area (Å²) in [6.07, 6.45) is 7.97. The second kappa shape index (κ2) is 9.85. The molecule has 0 bridgehead atoms. The average molecular weight is 589 g/mol. The summed E-state index contributed by atoms with van der Waals surface area (Å²) in [7, 11) is 0. The van der Waals surface area contributed by atoms with Crippen molar-refractivity contribution >= 4 is 29.6 Å². The van der Waals surface area contributed by atoms with E-state index in [2.05, 4.69) is 22.2 Å². The molecule has 222 valence electrons. The number of aryl methyl sites for hydroxylation is 1. The minimum atomic E-state index is -3.31. The van der Waals surface area contributed by atoms with Gasteiger partial charge in [0.15, 0.2) is 5.54 Å². The molecule has 2 aliphatic heterocycles. The van der Waals surface area contributed by atoms with E-state index in [1.807, 2.05) is 6.07 Å². The summed E-state index contributed by atoms with van der Waals surface area (Å²) in [4.78, 5) is 59.4. The highest BCUT2D eigenvalue weighted by Crippen LogP contribution is 2.48. The van der Waals surface area contributed by atoms with Gasteiger partial charge in [0.1, 0.15) is 18.2 Å². The highest BCUT2D eigenvalue weighted by atomic mass is 19.3. The Morgan fingerprint density at radius 1 is 1.21 bits per heavy atom. The topological polar surface area (TPSA) is 138 Å². The molecule has 4 aliphatic rings. The predicted molar refractivity (Wildman–Crippen MR) is 152 cm³/mol. The summed E-state index contributed by atoms with van der Waals surface area (Å²) in [6, 6.07) is 7.76. The molecule has 1 aromatic heterocycles. The molecule has 2 unspecified atom stereocenters. The highest BCUT2D eigenvalue weighted by molar-refractivity contribution is 6.10. The number of benzene rings is 1. The number of hydrogen-bond acceptors (Lipinski definition) is 6. The van der Waals surface area contributed by atoms with E-state index in [0.29, 0.717) is 42.2 Å². The van der Waals surface area contributed by atoms with Gasteiger partial charge in [-0.05, 0) is 54.0 Å². The lowest BCUT2D eigenvalue weighted by Gasteiger charge is -2.32. The molecular weight excluding hydrogens is 558 g/mol. The molecule has 5 amide bonds. The fourth-order valence-corrected chi connectivity index (χ4v) is 6.86. The van der Waals surface area contributed by atoms with Crippen molar-refractivity contribution in [3.05, 3.63) is 95.0 Å². The van der Waals surface area contributed by atoms with Gasteiger partial charge in [-0.2, -0.15) is 0 Å². The molecule has 2 aromatic rings. The van der Waals surface area contributed by atoms with Gasteiger partial charge in [0.25, 0.3) is 11.8 Å². The number of allylic oxidation sites excluding steroid dienone is 3. The standard InChI is InChI=1S/C31H30F2N6O4/c1-3-4-8-22-25(34)37-26(41)30(22)13-19-12-23(35-15-20(19)14-30)36-24(40)16-39-28(43)38(17-29(2,32)33)27(42)31(39)11-10-18-7-5-6-9-21(18)31/h3-9,12,15H,1,10-11,13-14,16-17,34H2,2H3,(H,37,41)(H,35,36,40)/b8-4-. The van der Waals surface area contributed by atoms with E-state index >= 15 is 0 Å². The maximum atomic E-state index is 14.0. The third kappa shape index (κ3) is 4.39. The number of pyridine rings is 1. The van der Waals surface area contributed by atoms with Gasteiger partial charge in [-0.25, -0.2) is 18.6 Å². The van der Waals surface area contributed by atoms with Crippen molar-refractivity contribution in [1.82, 2.24) is 20.1 Å². The van der Waals surface area contributed by atoms with Crippen LogP contribution in [-0.2, 0) is 39.2 Å². The number of halogens is 2. The van der Waals surface area contributed by atoms with Crippen LogP contribution in [0.1, 0.15) is 35.6 Å². The van der Waals surface area contributed by atoms with E-state index in [9.17, 15) is 28.0 Å². The third-order valence-electron chi connectivity index (χ3n) is 8.70. The summed E-state index contributed by atoms with van der Waals surface area (Å²) in [6.45, 7) is 2.68. The number of amides is 5. The van der Waals surface area contributed by atoms with E-state index < -0.39 is 47.8 Å². The number of aromatic nitrogens is 1. The van der Waals surface area contributed by atoms with Gasteiger partial charge in [-0.1, -0.05) is 49.1 Å². The van der Waals surface area contributed by atoms with Gasteiger partial charge in [0, 0.05) is 18.7 Å². The number of fused-ring (bicyclic) bond motifs is 3. The van der Waals surface area contributed by atoms with Gasteiger partial charge in [-0.3, -0.25) is 24.2 Å². The van der Waals surface area contributed by atoms with Crippen LogP contribution in [0.15, 0.2) is 72.7 Å². The summed E-state index contributed by atoms with van der Waals surface area (Å²) in [5, 5.41) is 5.40. The van der Waals surface area contributed by atoms with Crippen LogP contribution >= 0.6 is 0 Å². The van der Waals surface area contributed by atoms with Crippen LogP contribution in [0.4, 0.5) is 19.4 Å². The van der Waals surface area contributed by atoms with Crippen molar-refractivity contribution in [3.63, 3.8) is 0 Å². The summed E-state index contributed by atoms with van der Waals surface area (Å²) in [5.41, 5.74) is 7.27. The number of nitrogens with zero attached hydrogens (tertiary/aromatic N) is 3. The monoisotopic (exact) mass is 588 g/mol. The third-order valence-corrected chi connectivity index (χ3v) is 8.70. The van der Waals surface area contributed by atoms with Crippen molar-refractivity contribution in [1.29, 1.82) is 0 Å². The largest absolute Gasteiger partial charge is 0.385 e. The first kappa shape index (κ1) is 28.3. The minimum Gasteiger partial charge on any atom is -0.385 e. The quantitative estimate of drug-likeness (QED) is 0.336. The molecule has 0 saturated carbocycles. The molecule has 43 heavy (non-hydrogen) atoms.